The quantitative estimate of drug-likeness (QED) is 0.467. The molecule has 0 aliphatic carbocycles. The predicted molar refractivity (Wildman–Crippen MR) is 109 cm³/mol. The summed E-state index contributed by atoms with van der Waals surface area (Å²) in [6.07, 6.45) is 0. The molecule has 6 heteroatoms. The highest BCUT2D eigenvalue weighted by Crippen LogP contribution is 2.23. The van der Waals surface area contributed by atoms with Crippen LogP contribution < -0.4 is 0 Å². The molecule has 0 bridgehead atoms. The lowest BCUT2D eigenvalue weighted by atomic mass is 10.0. The van der Waals surface area contributed by atoms with Gasteiger partial charge in [-0.1, -0.05) is 55.4 Å². The second kappa shape index (κ2) is 7.58. The molecule has 4 rings (SSSR count). The fraction of sp³-hybridized carbons (Fsp3) is 0.286. The van der Waals surface area contributed by atoms with Crippen molar-refractivity contribution in [3.8, 4) is 11.4 Å². The van der Waals surface area contributed by atoms with E-state index in [4.69, 9.17) is 4.52 Å². The Balaban J connectivity index is 1.42. The summed E-state index contributed by atoms with van der Waals surface area (Å²) >= 11 is 1.72. The molecule has 27 heavy (non-hydrogen) atoms. The first-order valence-electron chi connectivity index (χ1n) is 9.04. The van der Waals surface area contributed by atoms with E-state index in [1.807, 2.05) is 25.2 Å². The first kappa shape index (κ1) is 17.8. The van der Waals surface area contributed by atoms with Gasteiger partial charge in [-0.05, 0) is 30.7 Å². The lowest BCUT2D eigenvalue weighted by Gasteiger charge is -2.11. The van der Waals surface area contributed by atoms with Crippen molar-refractivity contribution < 1.29 is 4.52 Å². The van der Waals surface area contributed by atoms with E-state index in [1.54, 1.807) is 11.3 Å². The van der Waals surface area contributed by atoms with Crippen molar-refractivity contribution in [1.29, 1.82) is 0 Å². The minimum absolute atomic E-state index is 0.510. The summed E-state index contributed by atoms with van der Waals surface area (Å²) in [7, 11) is 2.04. The molecule has 0 saturated heterocycles. The maximum Gasteiger partial charge on any atom is 0.241 e. The molecule has 0 saturated carbocycles. The SMILES string of the molecule is CC(C)c1ccc(-c2noc(CN(C)Cc3nc4ccccc4s3)n2)cc1. The van der Waals surface area contributed by atoms with E-state index in [9.17, 15) is 0 Å². The number of hydrogen-bond donors (Lipinski definition) is 0. The monoisotopic (exact) mass is 378 g/mol. The number of hydrogen-bond acceptors (Lipinski definition) is 6. The van der Waals surface area contributed by atoms with E-state index in [-0.39, 0.29) is 0 Å². The van der Waals surface area contributed by atoms with Crippen LogP contribution in [0.1, 0.15) is 36.2 Å². The van der Waals surface area contributed by atoms with Crippen molar-refractivity contribution in [3.05, 3.63) is 65.0 Å². The first-order valence-corrected chi connectivity index (χ1v) is 9.86. The Bertz CT molecular complexity index is 1000. The number of thiazole rings is 1. The summed E-state index contributed by atoms with van der Waals surface area (Å²) in [5, 5.41) is 5.22. The summed E-state index contributed by atoms with van der Waals surface area (Å²) in [6, 6.07) is 16.6. The fourth-order valence-corrected chi connectivity index (χ4v) is 4.01. The molecule has 0 atom stereocenters. The Labute approximate surface area is 162 Å². The van der Waals surface area contributed by atoms with Crippen molar-refractivity contribution in [2.24, 2.45) is 0 Å². The maximum absolute atomic E-state index is 5.44. The molecule has 0 amide bonds. The molecule has 0 radical (unpaired) electrons. The Hall–Kier alpha value is -2.57. The number of para-hydroxylation sites is 1. The van der Waals surface area contributed by atoms with Gasteiger partial charge in [0.2, 0.25) is 11.7 Å². The molecule has 4 aromatic rings. The van der Waals surface area contributed by atoms with Crippen LogP contribution in [0.2, 0.25) is 0 Å². The second-order valence-corrected chi connectivity index (χ2v) is 8.15. The third-order valence-corrected chi connectivity index (χ3v) is 5.47. The topological polar surface area (TPSA) is 55.1 Å². The predicted octanol–water partition coefficient (Wildman–Crippen LogP) is 5.10. The number of aromatic nitrogens is 3. The van der Waals surface area contributed by atoms with Gasteiger partial charge in [-0.2, -0.15) is 4.98 Å². The van der Waals surface area contributed by atoms with Crippen molar-refractivity contribution in [2.75, 3.05) is 7.05 Å². The Kier molecular flexibility index (Phi) is 5.01. The minimum Gasteiger partial charge on any atom is -0.338 e. The molecule has 0 aliphatic rings. The van der Waals surface area contributed by atoms with Crippen LogP contribution in [0.5, 0.6) is 0 Å². The fourth-order valence-electron chi connectivity index (χ4n) is 2.96. The minimum atomic E-state index is 0.510. The summed E-state index contributed by atoms with van der Waals surface area (Å²) in [4.78, 5) is 11.4. The van der Waals surface area contributed by atoms with Crippen LogP contribution in [0.4, 0.5) is 0 Å². The highest BCUT2D eigenvalue weighted by molar-refractivity contribution is 7.18. The molecule has 5 nitrogen and oxygen atoms in total. The van der Waals surface area contributed by atoms with E-state index < -0.39 is 0 Å². The Morgan fingerprint density at radius 2 is 1.78 bits per heavy atom. The summed E-state index contributed by atoms with van der Waals surface area (Å²) in [5.74, 6) is 1.76. The van der Waals surface area contributed by atoms with Gasteiger partial charge < -0.3 is 4.52 Å². The molecular formula is C21H22N4OS. The van der Waals surface area contributed by atoms with Crippen LogP contribution in [0.3, 0.4) is 0 Å². The average Bonchev–Trinajstić information content (AvgIpc) is 3.28. The van der Waals surface area contributed by atoms with E-state index in [1.165, 1.54) is 10.3 Å². The van der Waals surface area contributed by atoms with Crippen molar-refractivity contribution >= 4 is 21.6 Å². The molecule has 0 spiro atoms. The zero-order valence-corrected chi connectivity index (χ0v) is 16.5. The van der Waals surface area contributed by atoms with Gasteiger partial charge in [-0.25, -0.2) is 4.98 Å². The molecule has 0 N–H and O–H groups in total. The van der Waals surface area contributed by atoms with Crippen molar-refractivity contribution in [1.82, 2.24) is 20.0 Å². The van der Waals surface area contributed by atoms with Crippen LogP contribution in [0.15, 0.2) is 53.1 Å². The molecule has 2 aromatic heterocycles. The van der Waals surface area contributed by atoms with Gasteiger partial charge in [-0.3, -0.25) is 4.90 Å². The molecule has 0 unspecified atom stereocenters. The zero-order valence-electron chi connectivity index (χ0n) is 15.7. The van der Waals surface area contributed by atoms with Gasteiger partial charge >= 0.3 is 0 Å². The Morgan fingerprint density at radius 1 is 1.00 bits per heavy atom. The molecule has 0 aliphatic heterocycles. The standard InChI is InChI=1S/C21H22N4OS/c1-14(2)15-8-10-16(11-9-15)21-23-19(26-24-21)12-25(3)13-20-22-17-6-4-5-7-18(17)27-20/h4-11,14H,12-13H2,1-3H3. The molecule has 2 aromatic carbocycles. The van der Waals surface area contributed by atoms with Crippen LogP contribution in [0, 0.1) is 0 Å². The van der Waals surface area contributed by atoms with Crippen molar-refractivity contribution in [2.45, 2.75) is 32.9 Å². The van der Waals surface area contributed by atoms with E-state index in [0.29, 0.717) is 24.2 Å². The van der Waals surface area contributed by atoms with E-state index in [0.717, 1.165) is 22.6 Å². The summed E-state index contributed by atoms with van der Waals surface area (Å²) in [5.41, 5.74) is 3.33. The van der Waals surface area contributed by atoms with Gasteiger partial charge in [0, 0.05) is 5.56 Å². The second-order valence-electron chi connectivity index (χ2n) is 7.04. The normalized spacial score (nSPS) is 11.7. The molecule has 0 fully saturated rings. The largest absolute Gasteiger partial charge is 0.338 e. The number of nitrogens with zero attached hydrogens (tertiary/aromatic N) is 4. The number of fused-ring (bicyclic) bond motifs is 1. The van der Waals surface area contributed by atoms with Crippen LogP contribution in [-0.2, 0) is 13.1 Å². The lowest BCUT2D eigenvalue weighted by molar-refractivity contribution is 0.260. The zero-order chi connectivity index (χ0) is 18.8. The highest BCUT2D eigenvalue weighted by Gasteiger charge is 2.13. The third-order valence-electron chi connectivity index (χ3n) is 4.45. The van der Waals surface area contributed by atoms with E-state index >= 15 is 0 Å². The van der Waals surface area contributed by atoms with Gasteiger partial charge in [-0.15, -0.1) is 11.3 Å². The van der Waals surface area contributed by atoms with Crippen LogP contribution >= 0.6 is 11.3 Å². The molecule has 2 heterocycles. The molecule has 138 valence electrons. The van der Waals surface area contributed by atoms with Crippen LogP contribution in [-0.4, -0.2) is 27.1 Å². The third kappa shape index (κ3) is 4.07. The lowest BCUT2D eigenvalue weighted by Crippen LogP contribution is -2.17. The smallest absolute Gasteiger partial charge is 0.241 e. The highest BCUT2D eigenvalue weighted by atomic mass is 32.1. The number of benzene rings is 2. The molecular weight excluding hydrogens is 356 g/mol. The maximum atomic E-state index is 5.44. The summed E-state index contributed by atoms with van der Waals surface area (Å²) in [6.45, 7) is 5.71. The van der Waals surface area contributed by atoms with Crippen LogP contribution in [0.25, 0.3) is 21.6 Å². The average molecular weight is 379 g/mol. The van der Waals surface area contributed by atoms with Gasteiger partial charge in [0.25, 0.3) is 0 Å². The summed E-state index contributed by atoms with van der Waals surface area (Å²) < 4.78 is 6.66. The Morgan fingerprint density at radius 3 is 2.52 bits per heavy atom. The van der Waals surface area contributed by atoms with Gasteiger partial charge in [0.1, 0.15) is 5.01 Å². The van der Waals surface area contributed by atoms with E-state index in [2.05, 4.69) is 64.2 Å². The number of rotatable bonds is 6. The van der Waals surface area contributed by atoms with Gasteiger partial charge in [0.15, 0.2) is 0 Å². The first-order chi connectivity index (χ1) is 13.1. The van der Waals surface area contributed by atoms with Gasteiger partial charge in [0.05, 0.1) is 23.3 Å². The van der Waals surface area contributed by atoms with Crippen molar-refractivity contribution in [3.63, 3.8) is 0 Å².